The molecule has 0 saturated heterocycles. The van der Waals surface area contributed by atoms with Gasteiger partial charge in [0.1, 0.15) is 5.69 Å². The molecular formula is C18H28N2O5. The van der Waals surface area contributed by atoms with Crippen LogP contribution < -0.4 is 0 Å². The van der Waals surface area contributed by atoms with Gasteiger partial charge in [-0.05, 0) is 32.8 Å². The Kier molecular flexibility index (Phi) is 7.83. The van der Waals surface area contributed by atoms with Gasteiger partial charge in [0.15, 0.2) is 5.78 Å². The molecular weight excluding hydrogens is 324 g/mol. The van der Waals surface area contributed by atoms with Crippen LogP contribution in [0.3, 0.4) is 0 Å². The average Bonchev–Trinajstić information content (AvgIpc) is 2.90. The number of carbonyl (C=O) groups is 3. The lowest BCUT2D eigenvalue weighted by Crippen LogP contribution is -2.44. The number of aromatic nitrogens is 1. The van der Waals surface area contributed by atoms with Crippen molar-refractivity contribution in [2.24, 2.45) is 0 Å². The zero-order valence-electron chi connectivity index (χ0n) is 15.9. The second-order valence-electron chi connectivity index (χ2n) is 5.94. The number of ether oxygens (including phenoxy) is 2. The van der Waals surface area contributed by atoms with E-state index in [1.807, 2.05) is 0 Å². The first-order valence-electron chi connectivity index (χ1n) is 8.40. The average molecular weight is 352 g/mol. The Labute approximate surface area is 148 Å². The standard InChI is InChI=1S/C18H28N2O5/c1-7-14(21)20(9-8-10-24-5)13(4)17(22)15-11(2)16(18(23)25-6)19-12(15)3/h13,19H,7-10H2,1-6H3. The van der Waals surface area contributed by atoms with Gasteiger partial charge in [0, 0.05) is 37.9 Å². The van der Waals surface area contributed by atoms with Crippen molar-refractivity contribution in [3.8, 4) is 0 Å². The van der Waals surface area contributed by atoms with Crippen molar-refractivity contribution in [1.29, 1.82) is 0 Å². The van der Waals surface area contributed by atoms with Crippen LogP contribution in [-0.2, 0) is 14.3 Å². The van der Waals surface area contributed by atoms with Gasteiger partial charge in [-0.1, -0.05) is 6.92 Å². The number of ketones is 1. The van der Waals surface area contributed by atoms with Gasteiger partial charge in [-0.25, -0.2) is 4.79 Å². The van der Waals surface area contributed by atoms with Crippen LogP contribution in [0.2, 0.25) is 0 Å². The molecule has 1 aromatic rings. The molecule has 140 valence electrons. The number of methoxy groups -OCH3 is 2. The summed E-state index contributed by atoms with van der Waals surface area (Å²) in [6.07, 6.45) is 0.974. The molecule has 0 saturated carbocycles. The van der Waals surface area contributed by atoms with Crippen molar-refractivity contribution in [3.63, 3.8) is 0 Å². The molecule has 1 amide bonds. The Morgan fingerprint density at radius 1 is 1.20 bits per heavy atom. The summed E-state index contributed by atoms with van der Waals surface area (Å²) in [4.78, 5) is 41.6. The summed E-state index contributed by atoms with van der Waals surface area (Å²) in [5.74, 6) is -0.800. The summed E-state index contributed by atoms with van der Waals surface area (Å²) >= 11 is 0. The van der Waals surface area contributed by atoms with Crippen LogP contribution in [0.1, 0.15) is 58.8 Å². The summed E-state index contributed by atoms with van der Waals surface area (Å²) in [5.41, 5.74) is 1.84. The highest BCUT2D eigenvalue weighted by molar-refractivity contribution is 6.06. The van der Waals surface area contributed by atoms with Crippen molar-refractivity contribution in [2.75, 3.05) is 27.4 Å². The Morgan fingerprint density at radius 2 is 1.84 bits per heavy atom. The van der Waals surface area contributed by atoms with Crippen molar-refractivity contribution < 1.29 is 23.9 Å². The third-order valence-electron chi connectivity index (χ3n) is 4.29. The van der Waals surface area contributed by atoms with E-state index in [1.165, 1.54) is 7.11 Å². The van der Waals surface area contributed by atoms with E-state index in [2.05, 4.69) is 4.98 Å². The van der Waals surface area contributed by atoms with Crippen LogP contribution in [0.25, 0.3) is 0 Å². The number of nitrogens with zero attached hydrogens (tertiary/aromatic N) is 1. The van der Waals surface area contributed by atoms with Crippen LogP contribution in [0.15, 0.2) is 0 Å². The van der Waals surface area contributed by atoms with E-state index in [1.54, 1.807) is 39.7 Å². The molecule has 0 aromatic carbocycles. The van der Waals surface area contributed by atoms with Crippen LogP contribution in [0.4, 0.5) is 0 Å². The number of amides is 1. The molecule has 0 bridgehead atoms. The molecule has 7 heteroatoms. The number of nitrogens with one attached hydrogen (secondary N) is 1. The highest BCUT2D eigenvalue weighted by Gasteiger charge is 2.30. The van der Waals surface area contributed by atoms with Crippen molar-refractivity contribution >= 4 is 17.7 Å². The predicted octanol–water partition coefficient (Wildman–Crippen LogP) is 2.26. The zero-order valence-corrected chi connectivity index (χ0v) is 15.9. The lowest BCUT2D eigenvalue weighted by Gasteiger charge is -2.28. The largest absolute Gasteiger partial charge is 0.464 e. The third kappa shape index (κ3) is 4.69. The van der Waals surface area contributed by atoms with Gasteiger partial charge in [0.25, 0.3) is 0 Å². The fraction of sp³-hybridized carbons (Fsp3) is 0.611. The van der Waals surface area contributed by atoms with Gasteiger partial charge in [0.2, 0.25) is 5.91 Å². The molecule has 0 aliphatic carbocycles. The van der Waals surface area contributed by atoms with Crippen molar-refractivity contribution in [2.45, 2.75) is 46.6 Å². The van der Waals surface area contributed by atoms with Gasteiger partial charge in [-0.15, -0.1) is 0 Å². The number of aryl methyl sites for hydroxylation is 1. The maximum absolute atomic E-state index is 13.0. The van der Waals surface area contributed by atoms with Crippen LogP contribution in [0.5, 0.6) is 0 Å². The molecule has 1 atom stereocenters. The van der Waals surface area contributed by atoms with E-state index < -0.39 is 12.0 Å². The number of aromatic amines is 1. The monoisotopic (exact) mass is 352 g/mol. The zero-order chi connectivity index (χ0) is 19.1. The van der Waals surface area contributed by atoms with Crippen molar-refractivity contribution in [3.05, 3.63) is 22.5 Å². The van der Waals surface area contributed by atoms with E-state index >= 15 is 0 Å². The number of carbonyl (C=O) groups excluding carboxylic acids is 3. The second-order valence-corrected chi connectivity index (χ2v) is 5.94. The van der Waals surface area contributed by atoms with Crippen LogP contribution >= 0.6 is 0 Å². The fourth-order valence-corrected chi connectivity index (χ4v) is 2.89. The van der Waals surface area contributed by atoms with Crippen molar-refractivity contribution in [1.82, 2.24) is 9.88 Å². The highest BCUT2D eigenvalue weighted by Crippen LogP contribution is 2.22. The van der Waals surface area contributed by atoms with Gasteiger partial charge in [-0.2, -0.15) is 0 Å². The lowest BCUT2D eigenvalue weighted by molar-refractivity contribution is -0.132. The topological polar surface area (TPSA) is 88.7 Å². The first-order valence-corrected chi connectivity index (χ1v) is 8.40. The minimum atomic E-state index is -0.622. The van der Waals surface area contributed by atoms with Gasteiger partial charge < -0.3 is 19.4 Å². The molecule has 1 rings (SSSR count). The minimum Gasteiger partial charge on any atom is -0.464 e. The summed E-state index contributed by atoms with van der Waals surface area (Å²) in [6, 6.07) is -0.622. The molecule has 0 fully saturated rings. The second kappa shape index (κ2) is 9.36. The number of H-pyrrole nitrogens is 1. The molecule has 0 aliphatic rings. The Bertz CT molecular complexity index is 636. The Balaban J connectivity index is 3.12. The van der Waals surface area contributed by atoms with Gasteiger partial charge in [-0.3, -0.25) is 9.59 Å². The highest BCUT2D eigenvalue weighted by atomic mass is 16.5. The number of hydrogen-bond donors (Lipinski definition) is 1. The van der Waals surface area contributed by atoms with Gasteiger partial charge >= 0.3 is 5.97 Å². The minimum absolute atomic E-state index is 0.0870. The van der Waals surface area contributed by atoms with E-state index in [-0.39, 0.29) is 17.4 Å². The first-order chi connectivity index (χ1) is 11.8. The molecule has 1 unspecified atom stereocenters. The summed E-state index contributed by atoms with van der Waals surface area (Å²) in [7, 11) is 2.89. The maximum Gasteiger partial charge on any atom is 0.354 e. The molecule has 25 heavy (non-hydrogen) atoms. The normalized spacial score (nSPS) is 11.9. The summed E-state index contributed by atoms with van der Waals surface area (Å²) in [5, 5.41) is 0. The van der Waals surface area contributed by atoms with E-state index in [9.17, 15) is 14.4 Å². The van der Waals surface area contributed by atoms with E-state index in [0.29, 0.717) is 42.8 Å². The lowest BCUT2D eigenvalue weighted by atomic mass is 9.99. The molecule has 0 radical (unpaired) electrons. The maximum atomic E-state index is 13.0. The number of hydrogen-bond acceptors (Lipinski definition) is 5. The number of Topliss-reactive ketones (excluding diaryl/α,β-unsaturated/α-hetero) is 1. The number of esters is 1. The summed E-state index contributed by atoms with van der Waals surface area (Å²) in [6.45, 7) is 7.88. The molecule has 1 heterocycles. The molecule has 0 spiro atoms. The Hall–Kier alpha value is -2.15. The Morgan fingerprint density at radius 3 is 2.36 bits per heavy atom. The van der Waals surface area contributed by atoms with Gasteiger partial charge in [0.05, 0.1) is 13.2 Å². The smallest absolute Gasteiger partial charge is 0.354 e. The van der Waals surface area contributed by atoms with Crippen LogP contribution in [0, 0.1) is 13.8 Å². The quantitative estimate of drug-likeness (QED) is 0.418. The van der Waals surface area contributed by atoms with E-state index in [4.69, 9.17) is 9.47 Å². The molecule has 1 N–H and O–H groups in total. The number of rotatable bonds is 9. The van der Waals surface area contributed by atoms with E-state index in [0.717, 1.165) is 0 Å². The predicted molar refractivity (Wildman–Crippen MR) is 93.9 cm³/mol. The molecule has 0 aliphatic heterocycles. The third-order valence-corrected chi connectivity index (χ3v) is 4.29. The molecule has 1 aromatic heterocycles. The SMILES string of the molecule is CCC(=O)N(CCCOC)C(C)C(=O)c1c(C)[nH]c(C(=O)OC)c1C. The van der Waals surface area contributed by atoms with Crippen LogP contribution in [-0.4, -0.2) is 61.0 Å². The summed E-state index contributed by atoms with van der Waals surface area (Å²) < 4.78 is 9.77. The molecule has 7 nitrogen and oxygen atoms in total. The fourth-order valence-electron chi connectivity index (χ4n) is 2.89. The first kappa shape index (κ1) is 20.9.